The van der Waals surface area contributed by atoms with Gasteiger partial charge in [-0.05, 0) is 35.6 Å². The van der Waals surface area contributed by atoms with Gasteiger partial charge in [0, 0.05) is 5.69 Å². The van der Waals surface area contributed by atoms with Crippen LogP contribution in [0.3, 0.4) is 0 Å². The number of fused-ring (bicyclic) bond motifs is 1. The number of anilines is 1. The Morgan fingerprint density at radius 3 is 2.64 bits per heavy atom. The lowest BCUT2D eigenvalue weighted by Crippen LogP contribution is -2.15. The summed E-state index contributed by atoms with van der Waals surface area (Å²) in [7, 11) is 0. The van der Waals surface area contributed by atoms with Gasteiger partial charge in [0.1, 0.15) is 0 Å². The number of carbonyl (C=O) groups excluding carboxylic acids is 1. The molecule has 1 amide bonds. The third-order valence-corrected chi connectivity index (χ3v) is 3.54. The first kappa shape index (κ1) is 14.1. The van der Waals surface area contributed by atoms with Crippen LogP contribution < -0.4 is 10.9 Å². The maximum Gasteiger partial charge on any atom is 0.344 e. The average molecular weight is 293 g/mol. The summed E-state index contributed by atoms with van der Waals surface area (Å²) in [5, 5.41) is 3.95. The van der Waals surface area contributed by atoms with E-state index in [4.69, 9.17) is 4.42 Å². The largest absolute Gasteiger partial charge is 0.417 e. The van der Waals surface area contributed by atoms with E-state index in [-0.39, 0.29) is 5.76 Å². The normalized spacial score (nSPS) is 10.6. The van der Waals surface area contributed by atoms with Crippen LogP contribution in [0.25, 0.3) is 10.8 Å². The number of hydrogen-bond donors (Lipinski definition) is 1. The molecule has 1 N–H and O–H groups in total. The van der Waals surface area contributed by atoms with Crippen LogP contribution in [-0.2, 0) is 6.42 Å². The summed E-state index contributed by atoms with van der Waals surface area (Å²) in [6, 6.07) is 16.2. The number of nitrogens with one attached hydrogen (secondary N) is 1. The average Bonchev–Trinajstić information content (AvgIpc) is 2.55. The van der Waals surface area contributed by atoms with Crippen molar-refractivity contribution in [3.05, 3.63) is 76.3 Å². The summed E-state index contributed by atoms with van der Waals surface area (Å²) < 4.78 is 5.13. The molecule has 3 rings (SSSR count). The van der Waals surface area contributed by atoms with Crippen molar-refractivity contribution in [1.29, 1.82) is 0 Å². The predicted molar refractivity (Wildman–Crippen MR) is 86.3 cm³/mol. The minimum Gasteiger partial charge on any atom is -0.417 e. The Labute approximate surface area is 127 Å². The van der Waals surface area contributed by atoms with Crippen LogP contribution in [0.2, 0.25) is 0 Å². The van der Waals surface area contributed by atoms with Gasteiger partial charge in [0.25, 0.3) is 5.91 Å². The molecule has 110 valence electrons. The summed E-state index contributed by atoms with van der Waals surface area (Å²) in [4.78, 5) is 24.3. The molecule has 0 radical (unpaired) electrons. The molecule has 4 nitrogen and oxygen atoms in total. The van der Waals surface area contributed by atoms with Crippen LogP contribution in [0.15, 0.2) is 63.8 Å². The summed E-state index contributed by atoms with van der Waals surface area (Å²) in [5.74, 6) is -0.418. The number of benzene rings is 2. The van der Waals surface area contributed by atoms with Gasteiger partial charge in [0.05, 0.1) is 5.39 Å². The van der Waals surface area contributed by atoms with E-state index < -0.39 is 11.5 Å². The van der Waals surface area contributed by atoms with Crippen molar-refractivity contribution >= 4 is 22.4 Å². The van der Waals surface area contributed by atoms with Crippen molar-refractivity contribution in [1.82, 2.24) is 0 Å². The second-order valence-electron chi connectivity index (χ2n) is 4.95. The summed E-state index contributed by atoms with van der Waals surface area (Å²) in [6.07, 6.45) is 0.804. The van der Waals surface area contributed by atoms with Gasteiger partial charge in [-0.2, -0.15) is 0 Å². The summed E-state index contributed by atoms with van der Waals surface area (Å²) in [6.45, 7) is 2.02. The maximum atomic E-state index is 12.3. The highest BCUT2D eigenvalue weighted by Gasteiger charge is 2.13. The van der Waals surface area contributed by atoms with Crippen LogP contribution in [0.1, 0.15) is 23.0 Å². The minimum atomic E-state index is -0.507. The Kier molecular flexibility index (Phi) is 3.74. The highest BCUT2D eigenvalue weighted by atomic mass is 16.4. The Hall–Kier alpha value is -2.88. The highest BCUT2D eigenvalue weighted by Crippen LogP contribution is 2.17. The van der Waals surface area contributed by atoms with Gasteiger partial charge >= 0.3 is 5.63 Å². The molecular formula is C18H15NO3. The molecule has 0 aliphatic rings. The predicted octanol–water partition coefficient (Wildman–Crippen LogP) is 3.61. The van der Waals surface area contributed by atoms with Gasteiger partial charge in [-0.25, -0.2) is 4.79 Å². The van der Waals surface area contributed by atoms with Crippen molar-refractivity contribution in [2.24, 2.45) is 0 Å². The Morgan fingerprint density at radius 2 is 1.82 bits per heavy atom. The molecule has 22 heavy (non-hydrogen) atoms. The number of carbonyl (C=O) groups is 1. The van der Waals surface area contributed by atoms with Crippen molar-refractivity contribution in [3.8, 4) is 0 Å². The zero-order valence-electron chi connectivity index (χ0n) is 12.1. The second kappa shape index (κ2) is 5.85. The third kappa shape index (κ3) is 2.63. The Bertz CT molecular complexity index is 896. The standard InChI is InChI=1S/C18H15NO3/c1-2-12-7-4-6-10-15(12)19-17(20)16-11-13-8-3-5-9-14(13)18(21)22-16/h3-11H,2H2,1H3,(H,19,20). The first-order valence-electron chi connectivity index (χ1n) is 7.11. The topological polar surface area (TPSA) is 59.3 Å². The first-order valence-corrected chi connectivity index (χ1v) is 7.11. The molecule has 1 heterocycles. The monoisotopic (exact) mass is 293 g/mol. The molecule has 0 bridgehead atoms. The molecule has 0 unspecified atom stereocenters. The molecule has 1 aromatic heterocycles. The molecule has 0 saturated heterocycles. The number of para-hydroxylation sites is 1. The number of rotatable bonds is 3. The van der Waals surface area contributed by atoms with Gasteiger partial charge < -0.3 is 9.73 Å². The quantitative estimate of drug-likeness (QED) is 0.802. The van der Waals surface area contributed by atoms with E-state index in [2.05, 4.69) is 5.32 Å². The number of amides is 1. The molecule has 0 atom stereocenters. The van der Waals surface area contributed by atoms with Crippen LogP contribution in [-0.4, -0.2) is 5.91 Å². The van der Waals surface area contributed by atoms with Crippen LogP contribution in [0.4, 0.5) is 5.69 Å². The van der Waals surface area contributed by atoms with Gasteiger partial charge in [0.2, 0.25) is 0 Å². The fourth-order valence-corrected chi connectivity index (χ4v) is 2.38. The third-order valence-electron chi connectivity index (χ3n) is 3.54. The van der Waals surface area contributed by atoms with E-state index in [0.29, 0.717) is 10.8 Å². The van der Waals surface area contributed by atoms with Crippen molar-refractivity contribution < 1.29 is 9.21 Å². The SMILES string of the molecule is CCc1ccccc1NC(=O)c1cc2ccccc2c(=O)o1. The van der Waals surface area contributed by atoms with Gasteiger partial charge in [0.15, 0.2) is 5.76 Å². The van der Waals surface area contributed by atoms with Crippen molar-refractivity contribution in [3.63, 3.8) is 0 Å². The van der Waals surface area contributed by atoms with E-state index in [9.17, 15) is 9.59 Å². The van der Waals surface area contributed by atoms with Crippen LogP contribution >= 0.6 is 0 Å². The van der Waals surface area contributed by atoms with Crippen LogP contribution in [0.5, 0.6) is 0 Å². The van der Waals surface area contributed by atoms with E-state index >= 15 is 0 Å². The minimum absolute atomic E-state index is 0.00889. The van der Waals surface area contributed by atoms with E-state index in [1.807, 2.05) is 37.3 Å². The lowest BCUT2D eigenvalue weighted by Gasteiger charge is -2.09. The number of hydrogen-bond acceptors (Lipinski definition) is 3. The van der Waals surface area contributed by atoms with E-state index in [0.717, 1.165) is 17.7 Å². The zero-order chi connectivity index (χ0) is 15.5. The second-order valence-corrected chi connectivity index (χ2v) is 4.95. The summed E-state index contributed by atoms with van der Waals surface area (Å²) >= 11 is 0. The molecule has 0 aliphatic heterocycles. The van der Waals surface area contributed by atoms with Crippen molar-refractivity contribution in [2.45, 2.75) is 13.3 Å². The van der Waals surface area contributed by atoms with Gasteiger partial charge in [-0.3, -0.25) is 4.79 Å². The van der Waals surface area contributed by atoms with Gasteiger partial charge in [-0.1, -0.05) is 43.3 Å². The van der Waals surface area contributed by atoms with Crippen LogP contribution in [0, 0.1) is 0 Å². The first-order chi connectivity index (χ1) is 10.7. The molecule has 4 heteroatoms. The van der Waals surface area contributed by atoms with Gasteiger partial charge in [-0.15, -0.1) is 0 Å². The van der Waals surface area contributed by atoms with E-state index in [1.165, 1.54) is 0 Å². The lowest BCUT2D eigenvalue weighted by molar-refractivity contribution is 0.0993. The molecular weight excluding hydrogens is 278 g/mol. The number of aryl methyl sites for hydroxylation is 1. The summed E-state index contributed by atoms with van der Waals surface area (Å²) in [5.41, 5.74) is 1.25. The lowest BCUT2D eigenvalue weighted by atomic mass is 10.1. The molecule has 2 aromatic carbocycles. The van der Waals surface area contributed by atoms with E-state index in [1.54, 1.807) is 24.3 Å². The molecule has 0 spiro atoms. The fourth-order valence-electron chi connectivity index (χ4n) is 2.38. The van der Waals surface area contributed by atoms with Crippen molar-refractivity contribution in [2.75, 3.05) is 5.32 Å². The zero-order valence-corrected chi connectivity index (χ0v) is 12.1. The molecule has 0 saturated carbocycles. The highest BCUT2D eigenvalue weighted by molar-refractivity contribution is 6.04. The molecule has 0 fully saturated rings. The molecule has 0 aliphatic carbocycles. The maximum absolute atomic E-state index is 12.3. The fraction of sp³-hybridized carbons (Fsp3) is 0.111. The molecule has 3 aromatic rings. The smallest absolute Gasteiger partial charge is 0.344 e. The Balaban J connectivity index is 1.97. The Morgan fingerprint density at radius 1 is 1.09 bits per heavy atom.